The fraction of sp³-hybridized carbons (Fsp3) is 0.525. The molecule has 0 unspecified atom stereocenters. The minimum atomic E-state index is 0.0517. The fourth-order valence-electron chi connectivity index (χ4n) is 4.92. The lowest BCUT2D eigenvalue weighted by atomic mass is 10.2. The van der Waals surface area contributed by atoms with Crippen molar-refractivity contribution < 1.29 is 14.3 Å². The van der Waals surface area contributed by atoms with E-state index in [2.05, 4.69) is 60.7 Å². The number of rotatable bonds is 15. The Balaban J connectivity index is 0.000000939. The van der Waals surface area contributed by atoms with E-state index in [0.29, 0.717) is 19.0 Å². The highest BCUT2D eigenvalue weighted by atomic mass is 16.5. The third-order valence-electron chi connectivity index (χ3n) is 7.17. The van der Waals surface area contributed by atoms with Crippen LogP contribution in [0.4, 0.5) is 5.69 Å². The predicted octanol–water partition coefficient (Wildman–Crippen LogP) is 8.05. The number of terminal acetylenes is 1. The van der Waals surface area contributed by atoms with Crippen molar-refractivity contribution >= 4 is 28.2 Å². The molecule has 0 radical (unpaired) electrons. The van der Waals surface area contributed by atoms with Gasteiger partial charge in [0, 0.05) is 68.0 Å². The summed E-state index contributed by atoms with van der Waals surface area (Å²) in [6, 6.07) is 11.8. The second kappa shape index (κ2) is 24.1. The molecule has 2 aromatic heterocycles. The summed E-state index contributed by atoms with van der Waals surface area (Å²) in [4.78, 5) is 29.9. The zero-order valence-electron chi connectivity index (χ0n) is 31.1. The van der Waals surface area contributed by atoms with Gasteiger partial charge in [0.15, 0.2) is 0 Å². The molecule has 49 heavy (non-hydrogen) atoms. The number of amides is 1. The van der Waals surface area contributed by atoms with E-state index >= 15 is 0 Å². The van der Waals surface area contributed by atoms with E-state index in [4.69, 9.17) is 20.9 Å². The van der Waals surface area contributed by atoms with Crippen LogP contribution in [0.2, 0.25) is 0 Å². The lowest BCUT2D eigenvalue weighted by Gasteiger charge is -2.26. The predicted molar refractivity (Wildman–Crippen MR) is 206 cm³/mol. The van der Waals surface area contributed by atoms with Crippen molar-refractivity contribution in [2.45, 2.75) is 74.1 Å². The number of aliphatic imine (C=N–C) groups is 1. The van der Waals surface area contributed by atoms with Crippen molar-refractivity contribution in [3.05, 3.63) is 66.1 Å². The van der Waals surface area contributed by atoms with Crippen LogP contribution >= 0.6 is 0 Å². The van der Waals surface area contributed by atoms with Crippen molar-refractivity contribution in [2.24, 2.45) is 10.9 Å². The van der Waals surface area contributed by atoms with Gasteiger partial charge in [-0.25, -0.2) is 0 Å². The molecule has 0 aliphatic carbocycles. The van der Waals surface area contributed by atoms with E-state index in [1.165, 1.54) is 0 Å². The topological polar surface area (TPSA) is 95.1 Å². The van der Waals surface area contributed by atoms with Crippen molar-refractivity contribution in [3.63, 3.8) is 0 Å². The Hall–Kier alpha value is -4.13. The number of aromatic nitrogens is 2. The maximum Gasteiger partial charge on any atom is 0.270 e. The van der Waals surface area contributed by atoms with Crippen molar-refractivity contribution in [1.82, 2.24) is 19.8 Å². The summed E-state index contributed by atoms with van der Waals surface area (Å²) in [6.07, 6.45) is 14.2. The Morgan fingerprint density at radius 3 is 2.47 bits per heavy atom. The summed E-state index contributed by atoms with van der Waals surface area (Å²) in [5.74, 6) is 4.11. The van der Waals surface area contributed by atoms with E-state index in [9.17, 15) is 4.79 Å². The highest BCUT2D eigenvalue weighted by Crippen LogP contribution is 2.21. The summed E-state index contributed by atoms with van der Waals surface area (Å²) < 4.78 is 11.4. The Morgan fingerprint density at radius 2 is 1.84 bits per heavy atom. The minimum absolute atomic E-state index is 0.0517. The fourth-order valence-corrected chi connectivity index (χ4v) is 4.92. The number of pyridine rings is 1. The maximum atomic E-state index is 13.0. The van der Waals surface area contributed by atoms with Crippen LogP contribution in [0.15, 0.2) is 59.7 Å². The molecule has 0 atom stereocenters. The number of carbonyl (C=O) groups excluding carboxylic acids is 1. The number of hydrogen-bond acceptors (Lipinski definition) is 7. The first-order valence-corrected chi connectivity index (χ1v) is 17.9. The Labute approximate surface area is 295 Å². The third-order valence-corrected chi connectivity index (χ3v) is 7.17. The highest BCUT2D eigenvalue weighted by molar-refractivity contribution is 6.07. The van der Waals surface area contributed by atoms with Gasteiger partial charge in [0.1, 0.15) is 18.1 Å². The quantitative estimate of drug-likeness (QED) is 0.0964. The molecule has 4 rings (SSSR count). The molecule has 3 aromatic rings. The van der Waals surface area contributed by atoms with Gasteiger partial charge >= 0.3 is 0 Å². The Bertz CT molecular complexity index is 1460. The van der Waals surface area contributed by atoms with Gasteiger partial charge in [0.2, 0.25) is 0 Å². The monoisotopic (exact) mass is 672 g/mol. The molecule has 1 amide bonds. The summed E-state index contributed by atoms with van der Waals surface area (Å²) in [5, 5.41) is 4.37. The zero-order chi connectivity index (χ0) is 35.9. The van der Waals surface area contributed by atoms with Crippen LogP contribution in [0.5, 0.6) is 5.75 Å². The van der Waals surface area contributed by atoms with Crippen molar-refractivity contribution in [1.29, 1.82) is 0 Å². The number of morpholine rings is 1. The summed E-state index contributed by atoms with van der Waals surface area (Å²) in [7, 11) is 0. The summed E-state index contributed by atoms with van der Waals surface area (Å²) >= 11 is 0. The smallest absolute Gasteiger partial charge is 0.270 e. The van der Waals surface area contributed by atoms with E-state index in [-0.39, 0.29) is 5.91 Å². The zero-order valence-corrected chi connectivity index (χ0v) is 31.1. The van der Waals surface area contributed by atoms with Crippen LogP contribution in [-0.4, -0.2) is 90.6 Å². The van der Waals surface area contributed by atoms with Crippen molar-refractivity contribution in [3.8, 4) is 18.1 Å². The van der Waals surface area contributed by atoms with Gasteiger partial charge in [0.05, 0.1) is 31.2 Å². The standard InChI is InChI=1S/C32H44N6O3.C4H10.C4H6/c1-4-8-29(30-23-27(11-12-33-30)41-18-7-15-37-16-19-40-20-17-37)35-24-34-26-9-10-28-25(21-26)22-31(36-28)32(39)38(13-5-2)14-6-3;1-4(2)3;1-3-4-2/h4,8-12,21-23,34,36H,5-7,13-20,24H2,1-3H3;4H,1-3H3;1H,4H2,2H3/b8-4-,35-29+;;. The maximum absolute atomic E-state index is 13.0. The van der Waals surface area contributed by atoms with E-state index in [1.54, 1.807) is 6.20 Å². The number of fused-ring (bicyclic) bond motifs is 1. The molecule has 9 nitrogen and oxygen atoms in total. The molecular formula is C40H60N6O3. The average molecular weight is 673 g/mol. The van der Waals surface area contributed by atoms with Crippen LogP contribution in [0.1, 0.15) is 90.3 Å². The number of anilines is 1. The normalized spacial score (nSPS) is 13.3. The molecule has 2 N–H and O–H groups in total. The molecular weight excluding hydrogens is 612 g/mol. The number of allylic oxidation sites excluding steroid dienone is 2. The molecule has 3 heterocycles. The number of benzene rings is 1. The van der Waals surface area contributed by atoms with Gasteiger partial charge in [-0.15, -0.1) is 12.3 Å². The lowest BCUT2D eigenvalue weighted by molar-refractivity contribution is 0.0358. The Kier molecular flexibility index (Phi) is 20.2. The first-order valence-electron chi connectivity index (χ1n) is 17.9. The first-order chi connectivity index (χ1) is 23.8. The molecule has 1 saturated heterocycles. The first kappa shape index (κ1) is 41.0. The molecule has 1 aliphatic heterocycles. The van der Waals surface area contributed by atoms with Crippen molar-refractivity contribution in [2.75, 3.05) is 64.5 Å². The van der Waals surface area contributed by atoms with Crippen LogP contribution < -0.4 is 10.1 Å². The van der Waals surface area contributed by atoms with Crippen LogP contribution in [0.25, 0.3) is 10.9 Å². The van der Waals surface area contributed by atoms with Gasteiger partial charge in [-0.05, 0) is 68.5 Å². The van der Waals surface area contributed by atoms with Gasteiger partial charge < -0.3 is 24.7 Å². The number of H-pyrrole nitrogens is 1. The molecule has 0 spiro atoms. The number of ether oxygens (including phenoxy) is 2. The van der Waals surface area contributed by atoms with Gasteiger partial charge in [-0.2, -0.15) is 0 Å². The number of nitrogens with one attached hydrogen (secondary N) is 2. The Morgan fingerprint density at radius 1 is 1.14 bits per heavy atom. The average Bonchev–Trinajstić information content (AvgIpc) is 3.53. The van der Waals surface area contributed by atoms with Gasteiger partial charge in [-0.1, -0.05) is 47.6 Å². The van der Waals surface area contributed by atoms with E-state index < -0.39 is 0 Å². The van der Waals surface area contributed by atoms with E-state index in [1.807, 2.05) is 67.3 Å². The molecule has 0 saturated carbocycles. The second-order valence-electron chi connectivity index (χ2n) is 12.5. The molecule has 0 bridgehead atoms. The molecule has 1 fully saturated rings. The molecule has 268 valence electrons. The summed E-state index contributed by atoms with van der Waals surface area (Å²) in [6.45, 7) is 21.8. The van der Waals surface area contributed by atoms with Gasteiger partial charge in [-0.3, -0.25) is 19.7 Å². The second-order valence-corrected chi connectivity index (χ2v) is 12.5. The van der Waals surface area contributed by atoms with Crippen LogP contribution in [-0.2, 0) is 4.74 Å². The third kappa shape index (κ3) is 15.8. The largest absolute Gasteiger partial charge is 0.493 e. The summed E-state index contributed by atoms with van der Waals surface area (Å²) in [5.41, 5.74) is 4.05. The van der Waals surface area contributed by atoms with E-state index in [0.717, 1.165) is 111 Å². The number of aromatic amines is 1. The molecule has 9 heteroatoms. The lowest BCUT2D eigenvalue weighted by Crippen LogP contribution is -2.37. The highest BCUT2D eigenvalue weighted by Gasteiger charge is 2.17. The van der Waals surface area contributed by atoms with Gasteiger partial charge in [0.25, 0.3) is 5.91 Å². The van der Waals surface area contributed by atoms with Crippen LogP contribution in [0, 0.1) is 18.3 Å². The number of carbonyl (C=O) groups is 1. The van der Waals surface area contributed by atoms with Crippen LogP contribution in [0.3, 0.4) is 0 Å². The molecule has 1 aromatic carbocycles. The minimum Gasteiger partial charge on any atom is -0.493 e. The number of nitrogens with zero attached hydrogens (tertiary/aromatic N) is 4. The number of hydrogen-bond donors (Lipinski definition) is 2. The SMILES string of the molecule is C#CCC.C/C=C\C(=N/CNc1ccc2[nH]c(C(=O)N(CCC)CCC)cc2c1)c1cc(OCCCN2CCOCC2)ccn1.CC(C)C. The molecule has 1 aliphatic rings.